The second kappa shape index (κ2) is 3.56. The fourth-order valence-electron chi connectivity index (χ4n) is 1.60. The maximum Gasteiger partial charge on any atom is 0.0987 e. The third-order valence-electron chi connectivity index (χ3n) is 2.44. The van der Waals surface area contributed by atoms with Crippen LogP contribution in [0.25, 0.3) is 0 Å². The zero-order valence-corrected chi connectivity index (χ0v) is 9.45. The molecule has 4 heteroatoms. The van der Waals surface area contributed by atoms with E-state index in [9.17, 15) is 0 Å². The van der Waals surface area contributed by atoms with Crippen LogP contribution >= 0.6 is 22.9 Å². The summed E-state index contributed by atoms with van der Waals surface area (Å²) in [6, 6.07) is 0. The van der Waals surface area contributed by atoms with E-state index < -0.39 is 0 Å². The van der Waals surface area contributed by atoms with Crippen molar-refractivity contribution in [3.8, 4) is 0 Å². The van der Waals surface area contributed by atoms with E-state index in [0.29, 0.717) is 11.8 Å². The Balaban J connectivity index is 2.13. The fraction of sp³-hybridized carbons (Fsp3) is 0.667. The lowest BCUT2D eigenvalue weighted by Crippen LogP contribution is -2.41. The number of hydrogen-bond acceptors (Lipinski definition) is 3. The Bertz CT molecular complexity index is 305. The molecular weight excluding hydrogens is 204 g/mol. The molecule has 2 nitrogen and oxygen atoms in total. The monoisotopic (exact) mass is 216 g/mol. The van der Waals surface area contributed by atoms with Crippen molar-refractivity contribution in [3.63, 3.8) is 0 Å². The Morgan fingerprint density at radius 1 is 1.62 bits per heavy atom. The number of nitrogens with zero attached hydrogens (tertiary/aromatic N) is 2. The van der Waals surface area contributed by atoms with Crippen molar-refractivity contribution >= 4 is 22.9 Å². The Morgan fingerprint density at radius 3 is 2.77 bits per heavy atom. The van der Waals surface area contributed by atoms with Gasteiger partial charge in [0.25, 0.3) is 0 Å². The van der Waals surface area contributed by atoms with Gasteiger partial charge in [0, 0.05) is 23.9 Å². The average Bonchev–Trinajstić information content (AvgIpc) is 2.41. The minimum atomic E-state index is 0.603. The molecule has 2 rings (SSSR count). The lowest BCUT2D eigenvalue weighted by Gasteiger charge is -2.34. The molecule has 0 unspecified atom stereocenters. The van der Waals surface area contributed by atoms with E-state index in [2.05, 4.69) is 16.9 Å². The van der Waals surface area contributed by atoms with Crippen molar-refractivity contribution in [1.29, 1.82) is 0 Å². The molecule has 0 saturated carbocycles. The van der Waals surface area contributed by atoms with Crippen LogP contribution in [0.15, 0.2) is 0 Å². The summed E-state index contributed by atoms with van der Waals surface area (Å²) in [5.74, 6) is 1.26. The van der Waals surface area contributed by atoms with Gasteiger partial charge in [0.05, 0.1) is 16.6 Å². The number of rotatable bonds is 2. The van der Waals surface area contributed by atoms with Gasteiger partial charge >= 0.3 is 0 Å². The molecule has 0 atom stereocenters. The minimum absolute atomic E-state index is 0.603. The number of halogens is 1. The zero-order chi connectivity index (χ0) is 9.42. The smallest absolute Gasteiger partial charge is 0.0987 e. The quantitative estimate of drug-likeness (QED) is 0.705. The summed E-state index contributed by atoms with van der Waals surface area (Å²) in [7, 11) is 2.14. The van der Waals surface area contributed by atoms with Gasteiger partial charge in [-0.05, 0) is 14.0 Å². The van der Waals surface area contributed by atoms with Crippen LogP contribution in [-0.4, -0.2) is 30.0 Å². The molecule has 0 aliphatic carbocycles. The van der Waals surface area contributed by atoms with E-state index in [-0.39, 0.29) is 0 Å². The second-order valence-electron chi connectivity index (χ2n) is 3.61. The van der Waals surface area contributed by atoms with Crippen molar-refractivity contribution in [2.45, 2.75) is 18.7 Å². The van der Waals surface area contributed by atoms with Gasteiger partial charge in [-0.3, -0.25) is 0 Å². The van der Waals surface area contributed by atoms with E-state index in [1.165, 1.54) is 9.88 Å². The Labute approximate surface area is 87.5 Å². The van der Waals surface area contributed by atoms with Crippen LogP contribution in [0, 0.1) is 6.92 Å². The van der Waals surface area contributed by atoms with E-state index >= 15 is 0 Å². The van der Waals surface area contributed by atoms with Gasteiger partial charge < -0.3 is 4.90 Å². The molecule has 1 aliphatic heterocycles. The van der Waals surface area contributed by atoms with E-state index in [1.54, 1.807) is 11.3 Å². The van der Waals surface area contributed by atoms with Crippen LogP contribution in [0.3, 0.4) is 0 Å². The maximum atomic E-state index is 5.80. The first-order valence-electron chi connectivity index (χ1n) is 4.41. The normalized spacial score (nSPS) is 19.0. The van der Waals surface area contributed by atoms with Crippen molar-refractivity contribution in [1.82, 2.24) is 9.88 Å². The number of hydrogen-bond donors (Lipinski definition) is 0. The van der Waals surface area contributed by atoms with Crippen LogP contribution in [0.2, 0.25) is 0 Å². The lowest BCUT2D eigenvalue weighted by molar-refractivity contribution is 0.189. The Morgan fingerprint density at radius 2 is 2.31 bits per heavy atom. The highest BCUT2D eigenvalue weighted by Gasteiger charge is 2.27. The molecule has 0 N–H and O–H groups in total. The van der Waals surface area contributed by atoms with Crippen LogP contribution < -0.4 is 0 Å². The first kappa shape index (κ1) is 9.44. The number of thiazole rings is 1. The molecule has 1 saturated heterocycles. The molecule has 0 bridgehead atoms. The SMILES string of the molecule is Cc1nc(C2CN(C)C2)sc1CCl. The van der Waals surface area contributed by atoms with Gasteiger partial charge in [-0.15, -0.1) is 22.9 Å². The minimum Gasteiger partial charge on any atom is -0.305 e. The van der Waals surface area contributed by atoms with E-state index in [1.807, 2.05) is 6.92 Å². The van der Waals surface area contributed by atoms with Crippen molar-refractivity contribution in [2.24, 2.45) is 0 Å². The van der Waals surface area contributed by atoms with Gasteiger partial charge in [-0.1, -0.05) is 0 Å². The Hall–Kier alpha value is -0.120. The molecule has 0 aromatic carbocycles. The number of aromatic nitrogens is 1. The first-order valence-corrected chi connectivity index (χ1v) is 5.76. The molecular formula is C9H13ClN2S. The van der Waals surface area contributed by atoms with Crippen LogP contribution in [0.1, 0.15) is 21.5 Å². The number of alkyl halides is 1. The predicted octanol–water partition coefficient (Wildman–Crippen LogP) is 2.22. The molecule has 0 amide bonds. The van der Waals surface area contributed by atoms with Gasteiger partial charge in [0.15, 0.2) is 0 Å². The number of likely N-dealkylation sites (tertiary alicyclic amines) is 1. The standard InChI is InChI=1S/C9H13ClN2S/c1-6-8(3-10)13-9(11-6)7-4-12(2)5-7/h7H,3-5H2,1-2H3. The summed E-state index contributed by atoms with van der Waals surface area (Å²) in [4.78, 5) is 8.08. The molecule has 1 aliphatic rings. The Kier molecular flexibility index (Phi) is 2.58. The zero-order valence-electron chi connectivity index (χ0n) is 7.88. The molecule has 72 valence electrons. The summed E-state index contributed by atoms with van der Waals surface area (Å²) in [6.45, 7) is 4.34. The largest absolute Gasteiger partial charge is 0.305 e. The highest BCUT2D eigenvalue weighted by Crippen LogP contribution is 2.31. The molecule has 0 radical (unpaired) electrons. The summed E-state index contributed by atoms with van der Waals surface area (Å²) in [5.41, 5.74) is 1.12. The first-order chi connectivity index (χ1) is 6.20. The topological polar surface area (TPSA) is 16.1 Å². The maximum absolute atomic E-state index is 5.80. The molecule has 1 fully saturated rings. The average molecular weight is 217 g/mol. The van der Waals surface area contributed by atoms with Crippen molar-refractivity contribution in [3.05, 3.63) is 15.6 Å². The third-order valence-corrected chi connectivity index (χ3v) is 4.19. The van der Waals surface area contributed by atoms with Crippen molar-refractivity contribution < 1.29 is 0 Å². The van der Waals surface area contributed by atoms with E-state index in [0.717, 1.165) is 18.8 Å². The van der Waals surface area contributed by atoms with Crippen LogP contribution in [0.5, 0.6) is 0 Å². The van der Waals surface area contributed by atoms with E-state index in [4.69, 9.17) is 11.6 Å². The number of likely N-dealkylation sites (N-methyl/N-ethyl adjacent to an activating group) is 1. The van der Waals surface area contributed by atoms with Gasteiger partial charge in [0.1, 0.15) is 0 Å². The summed E-state index contributed by atoms with van der Waals surface area (Å²) >= 11 is 7.58. The highest BCUT2D eigenvalue weighted by molar-refractivity contribution is 7.12. The predicted molar refractivity (Wildman–Crippen MR) is 56.6 cm³/mol. The molecule has 13 heavy (non-hydrogen) atoms. The summed E-state index contributed by atoms with van der Waals surface area (Å²) in [6.07, 6.45) is 0. The third kappa shape index (κ3) is 1.73. The van der Waals surface area contributed by atoms with Gasteiger partial charge in [0.2, 0.25) is 0 Å². The molecule has 1 aromatic heterocycles. The van der Waals surface area contributed by atoms with Gasteiger partial charge in [-0.2, -0.15) is 0 Å². The van der Waals surface area contributed by atoms with Crippen LogP contribution in [0.4, 0.5) is 0 Å². The molecule has 1 aromatic rings. The molecule has 2 heterocycles. The highest BCUT2D eigenvalue weighted by atomic mass is 35.5. The summed E-state index contributed by atoms with van der Waals surface area (Å²) < 4.78 is 0. The van der Waals surface area contributed by atoms with Crippen LogP contribution in [-0.2, 0) is 5.88 Å². The fourth-order valence-corrected chi connectivity index (χ4v) is 2.96. The second-order valence-corrected chi connectivity index (χ2v) is 4.99. The number of aryl methyl sites for hydroxylation is 1. The summed E-state index contributed by atoms with van der Waals surface area (Å²) in [5, 5.41) is 1.27. The lowest BCUT2D eigenvalue weighted by atomic mass is 10.0. The molecule has 0 spiro atoms. The van der Waals surface area contributed by atoms with Crippen molar-refractivity contribution in [2.75, 3.05) is 20.1 Å². The van der Waals surface area contributed by atoms with Gasteiger partial charge in [-0.25, -0.2) is 4.98 Å².